The van der Waals surface area contributed by atoms with Crippen LogP contribution in [-0.4, -0.2) is 17.8 Å². The maximum Gasteiger partial charge on any atom is -0.00103 e. The Morgan fingerprint density at radius 1 is 1.20 bits per heavy atom. The molecule has 15 heavy (non-hydrogen) atoms. The number of hydrogen-bond acceptors (Lipinski definition) is 0. The number of benzene rings is 1. The molecule has 0 unspecified atom stereocenters. The van der Waals surface area contributed by atoms with Gasteiger partial charge in [-0.05, 0) is 35.6 Å². The monoisotopic (exact) mass is 220 g/mol. The van der Waals surface area contributed by atoms with Crippen LogP contribution in [0, 0.1) is 6.92 Å². The lowest BCUT2D eigenvalue weighted by Gasteiger charge is -2.34. The zero-order valence-corrected chi connectivity index (χ0v) is 10.5. The largest absolute Gasteiger partial charge is 0.210 e. The molecule has 1 heteroatoms. The van der Waals surface area contributed by atoms with Crippen molar-refractivity contribution in [1.29, 1.82) is 0 Å². The maximum atomic E-state index is 3.86. The van der Waals surface area contributed by atoms with E-state index in [0.29, 0.717) is 0 Å². The highest BCUT2D eigenvalue weighted by atomic mass is 32.3. The quantitative estimate of drug-likeness (QED) is 0.654. The molecule has 0 heterocycles. The van der Waals surface area contributed by atoms with Gasteiger partial charge in [0, 0.05) is 0 Å². The van der Waals surface area contributed by atoms with Gasteiger partial charge in [-0.15, -0.1) is 13.2 Å². The van der Waals surface area contributed by atoms with Crippen LogP contribution in [0.15, 0.2) is 54.5 Å². The summed E-state index contributed by atoms with van der Waals surface area (Å²) in [5.74, 6) is 2.14. The fourth-order valence-electron chi connectivity index (χ4n) is 1.70. The Morgan fingerprint density at radius 2 is 1.80 bits per heavy atom. The van der Waals surface area contributed by atoms with Crippen molar-refractivity contribution in [2.45, 2.75) is 11.8 Å². The summed E-state index contributed by atoms with van der Waals surface area (Å²) in [7, 11) is -0.776. The van der Waals surface area contributed by atoms with Crippen LogP contribution in [0.1, 0.15) is 5.56 Å². The van der Waals surface area contributed by atoms with E-state index >= 15 is 0 Å². The third kappa shape index (κ3) is 3.00. The SMILES string of the molecule is C=CCS(C)(CC=C)c1cccc(C)c1. The lowest BCUT2D eigenvalue weighted by atomic mass is 10.2. The maximum absolute atomic E-state index is 3.86. The van der Waals surface area contributed by atoms with Crippen molar-refractivity contribution in [2.24, 2.45) is 0 Å². The predicted molar refractivity (Wildman–Crippen MR) is 73.1 cm³/mol. The fraction of sp³-hybridized carbons (Fsp3) is 0.286. The number of aryl methyl sites for hydroxylation is 1. The third-order valence-corrected chi connectivity index (χ3v) is 5.86. The molecule has 0 saturated carbocycles. The topological polar surface area (TPSA) is 0 Å². The van der Waals surface area contributed by atoms with Crippen molar-refractivity contribution < 1.29 is 0 Å². The first kappa shape index (κ1) is 12.1. The minimum atomic E-state index is -0.776. The van der Waals surface area contributed by atoms with E-state index in [1.54, 1.807) is 0 Å². The second-order valence-corrected chi connectivity index (χ2v) is 7.69. The summed E-state index contributed by atoms with van der Waals surface area (Å²) >= 11 is 0. The van der Waals surface area contributed by atoms with Crippen LogP contribution in [0.3, 0.4) is 0 Å². The summed E-state index contributed by atoms with van der Waals surface area (Å²) in [6, 6.07) is 8.81. The van der Waals surface area contributed by atoms with Crippen LogP contribution in [0.5, 0.6) is 0 Å². The zero-order valence-electron chi connectivity index (χ0n) is 9.70. The number of hydrogen-bond donors (Lipinski definition) is 0. The van der Waals surface area contributed by atoms with E-state index < -0.39 is 10.0 Å². The molecule has 0 N–H and O–H groups in total. The molecule has 0 aliphatic rings. The first-order chi connectivity index (χ1) is 7.12. The Bertz CT molecular complexity index is 342. The minimum Gasteiger partial charge on any atom is -0.210 e. The van der Waals surface area contributed by atoms with Crippen LogP contribution in [0.4, 0.5) is 0 Å². The minimum absolute atomic E-state index is 0.776. The van der Waals surface area contributed by atoms with Gasteiger partial charge in [0.15, 0.2) is 0 Å². The molecule has 0 atom stereocenters. The fourth-order valence-corrected chi connectivity index (χ4v) is 4.14. The van der Waals surface area contributed by atoms with Gasteiger partial charge in [0.05, 0.1) is 0 Å². The van der Waals surface area contributed by atoms with E-state index in [4.69, 9.17) is 0 Å². The highest BCUT2D eigenvalue weighted by Gasteiger charge is 2.17. The second kappa shape index (κ2) is 5.22. The molecule has 1 aromatic carbocycles. The molecule has 0 bridgehead atoms. The van der Waals surface area contributed by atoms with Crippen LogP contribution in [-0.2, 0) is 0 Å². The molecule has 0 aliphatic carbocycles. The molecule has 1 aromatic rings. The molecular formula is C14H20S. The lowest BCUT2D eigenvalue weighted by Crippen LogP contribution is -2.05. The van der Waals surface area contributed by atoms with E-state index in [-0.39, 0.29) is 0 Å². The van der Waals surface area contributed by atoms with Gasteiger partial charge in [-0.25, -0.2) is 10.0 Å². The molecule has 0 radical (unpaired) electrons. The Kier molecular flexibility index (Phi) is 4.22. The molecule has 1 rings (SSSR count). The van der Waals surface area contributed by atoms with Crippen LogP contribution >= 0.6 is 10.0 Å². The molecule has 0 aliphatic heterocycles. The van der Waals surface area contributed by atoms with Crippen LogP contribution in [0.25, 0.3) is 0 Å². The van der Waals surface area contributed by atoms with E-state index in [1.165, 1.54) is 10.5 Å². The van der Waals surface area contributed by atoms with Gasteiger partial charge in [-0.3, -0.25) is 0 Å². The van der Waals surface area contributed by atoms with E-state index in [1.807, 2.05) is 12.2 Å². The van der Waals surface area contributed by atoms with Gasteiger partial charge in [0.1, 0.15) is 0 Å². The Hall–Kier alpha value is -0.950. The first-order valence-corrected chi connectivity index (χ1v) is 7.52. The first-order valence-electron chi connectivity index (χ1n) is 5.14. The molecule has 0 spiro atoms. The Labute approximate surface area is 95.0 Å². The number of rotatable bonds is 5. The average Bonchev–Trinajstić information content (AvgIpc) is 2.18. The standard InChI is InChI=1S/C14H20S/c1-5-10-15(4,11-6-2)14-9-7-8-13(3)12-14/h5-9,12H,1-2,10-11H2,3-4H3. The molecule has 0 amide bonds. The smallest absolute Gasteiger partial charge is 0.00103 e. The second-order valence-electron chi connectivity index (χ2n) is 4.00. The van der Waals surface area contributed by atoms with Crippen LogP contribution < -0.4 is 0 Å². The molecular weight excluding hydrogens is 200 g/mol. The van der Waals surface area contributed by atoms with E-state index in [9.17, 15) is 0 Å². The molecule has 0 aromatic heterocycles. The van der Waals surface area contributed by atoms with Crippen molar-refractivity contribution in [1.82, 2.24) is 0 Å². The van der Waals surface area contributed by atoms with Gasteiger partial charge in [0.25, 0.3) is 0 Å². The normalized spacial score (nSPS) is 12.1. The summed E-state index contributed by atoms with van der Waals surface area (Å²) < 4.78 is 0. The van der Waals surface area contributed by atoms with Gasteiger partial charge in [0.2, 0.25) is 0 Å². The van der Waals surface area contributed by atoms with Crippen LogP contribution in [0.2, 0.25) is 0 Å². The zero-order chi connectivity index (χ0) is 11.3. The molecule has 82 valence electrons. The highest BCUT2D eigenvalue weighted by molar-refractivity contribution is 8.33. The van der Waals surface area contributed by atoms with Gasteiger partial charge in [-0.2, -0.15) is 0 Å². The van der Waals surface area contributed by atoms with Gasteiger partial charge < -0.3 is 0 Å². The third-order valence-electron chi connectivity index (χ3n) is 2.53. The van der Waals surface area contributed by atoms with Crippen molar-refractivity contribution in [3.05, 3.63) is 55.1 Å². The molecule has 0 saturated heterocycles. The van der Waals surface area contributed by atoms with Crippen molar-refractivity contribution in [3.63, 3.8) is 0 Å². The lowest BCUT2D eigenvalue weighted by molar-refractivity contribution is 1.33. The van der Waals surface area contributed by atoms with Crippen molar-refractivity contribution in [3.8, 4) is 0 Å². The highest BCUT2D eigenvalue weighted by Crippen LogP contribution is 2.52. The van der Waals surface area contributed by atoms with E-state index in [2.05, 4.69) is 50.6 Å². The van der Waals surface area contributed by atoms with Gasteiger partial charge >= 0.3 is 0 Å². The summed E-state index contributed by atoms with van der Waals surface area (Å²) in [4.78, 5) is 1.46. The van der Waals surface area contributed by atoms with Crippen molar-refractivity contribution >= 4 is 10.0 Å². The van der Waals surface area contributed by atoms with Gasteiger partial charge in [-0.1, -0.05) is 35.9 Å². The summed E-state index contributed by atoms with van der Waals surface area (Å²) in [6.07, 6.45) is 6.41. The molecule has 0 fully saturated rings. The Balaban J connectivity index is 3.07. The summed E-state index contributed by atoms with van der Waals surface area (Å²) in [5.41, 5.74) is 1.33. The summed E-state index contributed by atoms with van der Waals surface area (Å²) in [6.45, 7) is 9.87. The Morgan fingerprint density at radius 3 is 2.27 bits per heavy atom. The summed E-state index contributed by atoms with van der Waals surface area (Å²) in [5, 5.41) is 0. The predicted octanol–water partition coefficient (Wildman–Crippen LogP) is 4.16. The average molecular weight is 220 g/mol. The van der Waals surface area contributed by atoms with Crippen molar-refractivity contribution in [2.75, 3.05) is 17.8 Å². The molecule has 0 nitrogen and oxygen atoms in total. The van der Waals surface area contributed by atoms with E-state index in [0.717, 1.165) is 11.5 Å².